The fourth-order valence-electron chi connectivity index (χ4n) is 2.48. The third-order valence-electron chi connectivity index (χ3n) is 3.89. The van der Waals surface area contributed by atoms with E-state index in [0.717, 1.165) is 22.7 Å². The van der Waals surface area contributed by atoms with Gasteiger partial charge in [0.05, 0.1) is 12.1 Å². The number of hydrogen-bond acceptors (Lipinski definition) is 4. The van der Waals surface area contributed by atoms with Gasteiger partial charge >= 0.3 is 0 Å². The molecule has 8 heteroatoms. The highest BCUT2D eigenvalue weighted by atomic mass is 32.1. The molecule has 28 heavy (non-hydrogen) atoms. The highest BCUT2D eigenvalue weighted by molar-refractivity contribution is 7.80. The van der Waals surface area contributed by atoms with Crippen molar-refractivity contribution in [3.8, 4) is 10.6 Å². The van der Waals surface area contributed by atoms with Gasteiger partial charge in [-0.25, -0.2) is 9.37 Å². The molecule has 144 valence electrons. The van der Waals surface area contributed by atoms with Crippen molar-refractivity contribution in [1.29, 1.82) is 0 Å². The molecule has 5 nitrogen and oxygen atoms in total. The minimum Gasteiger partial charge on any atom is -0.331 e. The van der Waals surface area contributed by atoms with Crippen LogP contribution in [0.1, 0.15) is 18.2 Å². The van der Waals surface area contributed by atoms with Crippen molar-refractivity contribution in [3.63, 3.8) is 0 Å². The van der Waals surface area contributed by atoms with Crippen LogP contribution in [0.2, 0.25) is 0 Å². The lowest BCUT2D eigenvalue weighted by atomic mass is 10.1. The summed E-state index contributed by atoms with van der Waals surface area (Å²) in [6.45, 7) is 2.08. The van der Waals surface area contributed by atoms with Gasteiger partial charge in [0.2, 0.25) is 5.91 Å². The molecule has 0 unspecified atom stereocenters. The first-order chi connectivity index (χ1) is 13.5. The summed E-state index contributed by atoms with van der Waals surface area (Å²) in [6.07, 6.45) is 1.04. The lowest BCUT2D eigenvalue weighted by Gasteiger charge is -2.12. The van der Waals surface area contributed by atoms with Gasteiger partial charge in [0.1, 0.15) is 10.8 Å². The van der Waals surface area contributed by atoms with Gasteiger partial charge in [-0.05, 0) is 60.6 Å². The highest BCUT2D eigenvalue weighted by Crippen LogP contribution is 2.24. The Morgan fingerprint density at radius 3 is 2.71 bits per heavy atom. The molecule has 0 spiro atoms. The SMILES string of the molecule is CCc1cccc(NC(=S)NNC(=O)Cc2csc(-c3ccc(F)cc3)n2)c1. The molecule has 3 aromatic rings. The first-order valence-electron chi connectivity index (χ1n) is 8.68. The summed E-state index contributed by atoms with van der Waals surface area (Å²) in [5.41, 5.74) is 8.75. The van der Waals surface area contributed by atoms with Crippen LogP contribution in [0, 0.1) is 5.82 Å². The molecular formula is C20H19FN4OS2. The summed E-state index contributed by atoms with van der Waals surface area (Å²) in [4.78, 5) is 16.5. The summed E-state index contributed by atoms with van der Waals surface area (Å²) >= 11 is 6.60. The number of rotatable bonds is 5. The van der Waals surface area contributed by atoms with Crippen molar-refractivity contribution in [2.75, 3.05) is 5.32 Å². The van der Waals surface area contributed by atoms with Gasteiger partial charge < -0.3 is 5.32 Å². The number of nitrogens with one attached hydrogen (secondary N) is 3. The zero-order chi connectivity index (χ0) is 19.9. The van der Waals surface area contributed by atoms with Crippen molar-refractivity contribution < 1.29 is 9.18 Å². The van der Waals surface area contributed by atoms with Crippen LogP contribution in [0.25, 0.3) is 10.6 Å². The van der Waals surface area contributed by atoms with Gasteiger partial charge in [-0.15, -0.1) is 11.3 Å². The molecule has 0 aliphatic rings. The molecule has 0 aliphatic carbocycles. The summed E-state index contributed by atoms with van der Waals surface area (Å²) in [5.74, 6) is -0.556. The molecule has 3 rings (SSSR count). The first-order valence-corrected chi connectivity index (χ1v) is 9.97. The largest absolute Gasteiger partial charge is 0.331 e. The second kappa shape index (κ2) is 9.38. The molecule has 0 bridgehead atoms. The highest BCUT2D eigenvalue weighted by Gasteiger charge is 2.10. The zero-order valence-corrected chi connectivity index (χ0v) is 16.8. The van der Waals surface area contributed by atoms with Crippen molar-refractivity contribution >= 4 is 40.3 Å². The first kappa shape index (κ1) is 19.9. The van der Waals surface area contributed by atoms with Crippen LogP contribution in [0.4, 0.5) is 10.1 Å². The van der Waals surface area contributed by atoms with Gasteiger partial charge in [-0.2, -0.15) is 0 Å². The van der Waals surface area contributed by atoms with E-state index in [0.29, 0.717) is 10.8 Å². The van der Waals surface area contributed by atoms with E-state index in [2.05, 4.69) is 28.1 Å². The molecule has 0 atom stereocenters. The Labute approximate surface area is 172 Å². The maximum absolute atomic E-state index is 13.0. The number of benzene rings is 2. The molecule has 0 saturated heterocycles. The molecule has 1 amide bonds. The number of aryl methyl sites for hydroxylation is 1. The van der Waals surface area contributed by atoms with Gasteiger partial charge in [-0.3, -0.25) is 15.6 Å². The second-order valence-corrected chi connectivity index (χ2v) is 7.28. The third kappa shape index (κ3) is 5.58. The molecule has 2 aromatic carbocycles. The van der Waals surface area contributed by atoms with E-state index in [1.807, 2.05) is 29.6 Å². The van der Waals surface area contributed by atoms with E-state index < -0.39 is 0 Å². The van der Waals surface area contributed by atoms with Crippen LogP contribution in [-0.2, 0) is 17.6 Å². The summed E-state index contributed by atoms with van der Waals surface area (Å²) < 4.78 is 13.0. The number of hydrogen-bond donors (Lipinski definition) is 3. The second-order valence-electron chi connectivity index (χ2n) is 6.01. The maximum atomic E-state index is 13.0. The maximum Gasteiger partial charge on any atom is 0.244 e. The standard InChI is InChI=1S/C20H19FN4OS2/c1-2-13-4-3-5-16(10-13)23-20(27)25-24-18(26)11-17-12-28-19(22-17)14-6-8-15(21)9-7-14/h3-10,12H,2,11H2,1H3,(H,24,26)(H2,23,25,27). The van der Waals surface area contributed by atoms with Gasteiger partial charge in [-0.1, -0.05) is 19.1 Å². The number of nitrogens with zero attached hydrogens (tertiary/aromatic N) is 1. The number of thiocarbonyl (C=S) groups is 1. The monoisotopic (exact) mass is 414 g/mol. The van der Waals surface area contributed by atoms with Crippen molar-refractivity contribution in [1.82, 2.24) is 15.8 Å². The van der Waals surface area contributed by atoms with Gasteiger partial charge in [0, 0.05) is 16.6 Å². The predicted octanol–water partition coefficient (Wildman–Crippen LogP) is 4.07. The number of amides is 1. The van der Waals surface area contributed by atoms with Crippen LogP contribution in [0.5, 0.6) is 0 Å². The lowest BCUT2D eigenvalue weighted by Crippen LogP contribution is -2.44. The molecule has 0 saturated carbocycles. The van der Waals surface area contributed by atoms with E-state index in [1.54, 1.807) is 12.1 Å². The van der Waals surface area contributed by atoms with Gasteiger partial charge in [0.25, 0.3) is 0 Å². The minimum absolute atomic E-state index is 0.110. The Bertz CT molecular complexity index is 972. The molecule has 0 radical (unpaired) electrons. The number of anilines is 1. The molecule has 1 aromatic heterocycles. The van der Waals surface area contributed by atoms with Crippen molar-refractivity contribution in [2.45, 2.75) is 19.8 Å². The van der Waals surface area contributed by atoms with E-state index in [-0.39, 0.29) is 18.1 Å². The van der Waals surface area contributed by atoms with E-state index in [9.17, 15) is 9.18 Å². The molecule has 0 fully saturated rings. The average molecular weight is 415 g/mol. The summed E-state index contributed by atoms with van der Waals surface area (Å²) in [5, 5.41) is 5.88. The minimum atomic E-state index is -0.294. The van der Waals surface area contributed by atoms with Crippen LogP contribution in [0.15, 0.2) is 53.9 Å². The number of halogens is 1. The Morgan fingerprint density at radius 1 is 1.18 bits per heavy atom. The van der Waals surface area contributed by atoms with Crippen LogP contribution in [-0.4, -0.2) is 16.0 Å². The number of carbonyl (C=O) groups is 1. The summed E-state index contributed by atoms with van der Waals surface area (Å²) in [6, 6.07) is 14.0. The summed E-state index contributed by atoms with van der Waals surface area (Å²) in [7, 11) is 0. The number of carbonyl (C=O) groups excluding carboxylic acids is 1. The van der Waals surface area contributed by atoms with Crippen molar-refractivity contribution in [2.24, 2.45) is 0 Å². The molecule has 3 N–H and O–H groups in total. The fraction of sp³-hybridized carbons (Fsp3) is 0.150. The van der Waals surface area contributed by atoms with Gasteiger partial charge in [0.15, 0.2) is 5.11 Å². The molecule has 1 heterocycles. The number of hydrazine groups is 1. The fourth-order valence-corrected chi connectivity index (χ4v) is 3.47. The van der Waals surface area contributed by atoms with E-state index in [1.165, 1.54) is 29.0 Å². The normalized spacial score (nSPS) is 10.4. The average Bonchev–Trinajstić information content (AvgIpc) is 3.15. The lowest BCUT2D eigenvalue weighted by molar-refractivity contribution is -0.121. The molecular weight excluding hydrogens is 395 g/mol. The Kier molecular flexibility index (Phi) is 6.67. The Balaban J connectivity index is 1.49. The zero-order valence-electron chi connectivity index (χ0n) is 15.2. The predicted molar refractivity (Wildman–Crippen MR) is 115 cm³/mol. The number of aromatic nitrogens is 1. The quantitative estimate of drug-likeness (QED) is 0.434. The topological polar surface area (TPSA) is 66.0 Å². The Morgan fingerprint density at radius 2 is 1.96 bits per heavy atom. The smallest absolute Gasteiger partial charge is 0.244 e. The molecule has 0 aliphatic heterocycles. The van der Waals surface area contributed by atoms with E-state index >= 15 is 0 Å². The third-order valence-corrected chi connectivity index (χ3v) is 5.04. The van der Waals surface area contributed by atoms with Crippen LogP contribution < -0.4 is 16.2 Å². The number of thiazole rings is 1. The Hall–Kier alpha value is -2.84. The van der Waals surface area contributed by atoms with E-state index in [4.69, 9.17) is 12.2 Å². The van der Waals surface area contributed by atoms with Crippen LogP contribution in [0.3, 0.4) is 0 Å². The van der Waals surface area contributed by atoms with Crippen LogP contribution >= 0.6 is 23.6 Å². The van der Waals surface area contributed by atoms with Crippen molar-refractivity contribution in [3.05, 3.63) is 71.0 Å².